The van der Waals surface area contributed by atoms with Crippen LogP contribution in [0, 0.1) is 12.7 Å². The number of hydrogen-bond donors (Lipinski definition) is 1. The molecule has 5 heteroatoms. The van der Waals surface area contributed by atoms with Crippen LogP contribution in [0.25, 0.3) is 0 Å². The van der Waals surface area contributed by atoms with E-state index in [-0.39, 0.29) is 11.2 Å². The Hall–Kier alpha value is -1.68. The summed E-state index contributed by atoms with van der Waals surface area (Å²) < 4.78 is 13.6. The Morgan fingerprint density at radius 2 is 1.86 bits per heavy atom. The van der Waals surface area contributed by atoms with Gasteiger partial charge in [-0.2, -0.15) is 0 Å². The standard InChI is InChI=1S/C16H19ClFN3/c1-10-13(17)20-15(16(2,3)4)21-14(10)19-9-11-7-5-6-8-12(11)18/h5-8H,9H2,1-4H3,(H,19,20,21). The molecule has 0 unspecified atom stereocenters. The third-order valence-electron chi connectivity index (χ3n) is 3.16. The van der Waals surface area contributed by atoms with Gasteiger partial charge in [-0.3, -0.25) is 0 Å². The molecule has 1 heterocycles. The molecule has 0 atom stereocenters. The molecule has 0 amide bonds. The van der Waals surface area contributed by atoms with Crippen molar-refractivity contribution in [3.8, 4) is 0 Å². The van der Waals surface area contributed by atoms with Gasteiger partial charge in [0.25, 0.3) is 0 Å². The van der Waals surface area contributed by atoms with E-state index in [4.69, 9.17) is 11.6 Å². The Balaban J connectivity index is 2.28. The predicted octanol–water partition coefficient (Wildman–Crippen LogP) is 4.49. The van der Waals surface area contributed by atoms with Crippen molar-refractivity contribution in [1.29, 1.82) is 0 Å². The lowest BCUT2D eigenvalue weighted by molar-refractivity contribution is 0.545. The molecule has 21 heavy (non-hydrogen) atoms. The van der Waals surface area contributed by atoms with Gasteiger partial charge in [0.15, 0.2) is 0 Å². The van der Waals surface area contributed by atoms with Crippen molar-refractivity contribution in [3.05, 3.63) is 52.2 Å². The van der Waals surface area contributed by atoms with Crippen LogP contribution in [-0.2, 0) is 12.0 Å². The molecule has 0 saturated heterocycles. The molecule has 0 aliphatic heterocycles. The molecule has 1 N–H and O–H groups in total. The number of nitrogens with zero attached hydrogens (tertiary/aromatic N) is 2. The van der Waals surface area contributed by atoms with E-state index in [1.54, 1.807) is 18.2 Å². The van der Waals surface area contributed by atoms with Crippen molar-refractivity contribution in [2.24, 2.45) is 0 Å². The Bertz CT molecular complexity index is 650. The van der Waals surface area contributed by atoms with E-state index in [2.05, 4.69) is 15.3 Å². The van der Waals surface area contributed by atoms with Crippen molar-refractivity contribution < 1.29 is 4.39 Å². The second-order valence-electron chi connectivity index (χ2n) is 6.01. The first kappa shape index (κ1) is 15.7. The minimum Gasteiger partial charge on any atom is -0.366 e. The van der Waals surface area contributed by atoms with Gasteiger partial charge < -0.3 is 5.32 Å². The molecule has 0 spiro atoms. The second kappa shape index (κ2) is 5.98. The van der Waals surface area contributed by atoms with Gasteiger partial charge >= 0.3 is 0 Å². The highest BCUT2D eigenvalue weighted by Gasteiger charge is 2.20. The van der Waals surface area contributed by atoms with Crippen molar-refractivity contribution in [1.82, 2.24) is 9.97 Å². The zero-order valence-corrected chi connectivity index (χ0v) is 13.4. The summed E-state index contributed by atoms with van der Waals surface area (Å²) in [6.45, 7) is 8.26. The average molecular weight is 308 g/mol. The topological polar surface area (TPSA) is 37.8 Å². The highest BCUT2D eigenvalue weighted by molar-refractivity contribution is 6.30. The maximum absolute atomic E-state index is 13.6. The van der Waals surface area contributed by atoms with Crippen LogP contribution in [0.15, 0.2) is 24.3 Å². The molecule has 1 aromatic heterocycles. The summed E-state index contributed by atoms with van der Waals surface area (Å²) in [5, 5.41) is 3.57. The molecular weight excluding hydrogens is 289 g/mol. The van der Waals surface area contributed by atoms with E-state index in [1.165, 1.54) is 6.07 Å². The lowest BCUT2D eigenvalue weighted by Crippen LogP contribution is -2.18. The molecule has 0 saturated carbocycles. The van der Waals surface area contributed by atoms with Crippen LogP contribution in [0.5, 0.6) is 0 Å². The molecule has 1 aromatic carbocycles. The van der Waals surface area contributed by atoms with Gasteiger partial charge in [-0.05, 0) is 13.0 Å². The molecular formula is C16H19ClFN3. The van der Waals surface area contributed by atoms with Gasteiger partial charge in [-0.25, -0.2) is 14.4 Å². The molecule has 0 aliphatic rings. The van der Waals surface area contributed by atoms with Gasteiger partial charge in [0.1, 0.15) is 22.6 Å². The summed E-state index contributed by atoms with van der Waals surface area (Å²) in [6.07, 6.45) is 0. The van der Waals surface area contributed by atoms with Crippen LogP contribution < -0.4 is 5.32 Å². The first-order valence-electron chi connectivity index (χ1n) is 6.81. The Kier molecular flexibility index (Phi) is 4.47. The molecule has 0 aliphatic carbocycles. The lowest BCUT2D eigenvalue weighted by Gasteiger charge is -2.19. The van der Waals surface area contributed by atoms with Crippen LogP contribution in [0.3, 0.4) is 0 Å². The molecule has 2 aromatic rings. The molecule has 0 bridgehead atoms. The number of rotatable bonds is 3. The smallest absolute Gasteiger partial charge is 0.137 e. The van der Waals surface area contributed by atoms with Crippen molar-refractivity contribution in [2.45, 2.75) is 39.7 Å². The van der Waals surface area contributed by atoms with Crippen molar-refractivity contribution in [2.75, 3.05) is 5.32 Å². The third-order valence-corrected chi connectivity index (χ3v) is 3.53. The quantitative estimate of drug-likeness (QED) is 0.849. The summed E-state index contributed by atoms with van der Waals surface area (Å²) >= 11 is 6.17. The third kappa shape index (κ3) is 3.70. The molecule has 112 valence electrons. The molecule has 0 radical (unpaired) electrons. The van der Waals surface area contributed by atoms with Gasteiger partial charge in [-0.15, -0.1) is 0 Å². The maximum atomic E-state index is 13.6. The van der Waals surface area contributed by atoms with Gasteiger partial charge in [-0.1, -0.05) is 50.6 Å². The normalized spacial score (nSPS) is 11.5. The van der Waals surface area contributed by atoms with E-state index in [0.717, 1.165) is 5.56 Å². The Morgan fingerprint density at radius 3 is 2.48 bits per heavy atom. The Morgan fingerprint density at radius 1 is 1.19 bits per heavy atom. The first-order valence-corrected chi connectivity index (χ1v) is 7.18. The molecule has 3 nitrogen and oxygen atoms in total. The number of nitrogens with one attached hydrogen (secondary N) is 1. The summed E-state index contributed by atoms with van der Waals surface area (Å²) in [7, 11) is 0. The number of benzene rings is 1. The molecule has 2 rings (SSSR count). The number of aromatic nitrogens is 2. The van der Waals surface area contributed by atoms with Gasteiger partial charge in [0, 0.05) is 23.1 Å². The van der Waals surface area contributed by atoms with Gasteiger partial charge in [0.2, 0.25) is 0 Å². The van der Waals surface area contributed by atoms with Crippen LogP contribution in [-0.4, -0.2) is 9.97 Å². The van der Waals surface area contributed by atoms with Crippen LogP contribution in [0.4, 0.5) is 10.2 Å². The van der Waals surface area contributed by atoms with Crippen molar-refractivity contribution in [3.63, 3.8) is 0 Å². The predicted molar refractivity (Wildman–Crippen MR) is 84.2 cm³/mol. The SMILES string of the molecule is Cc1c(Cl)nc(C(C)(C)C)nc1NCc1ccccc1F. The Labute approximate surface area is 129 Å². The van der Waals surface area contributed by atoms with E-state index in [9.17, 15) is 4.39 Å². The minimum atomic E-state index is -0.237. The highest BCUT2D eigenvalue weighted by atomic mass is 35.5. The fourth-order valence-corrected chi connectivity index (χ4v) is 1.99. The van der Waals surface area contributed by atoms with E-state index in [0.29, 0.717) is 28.9 Å². The monoisotopic (exact) mass is 307 g/mol. The van der Waals surface area contributed by atoms with Gasteiger partial charge in [0.05, 0.1) is 0 Å². The number of halogens is 2. The zero-order chi connectivity index (χ0) is 15.6. The summed E-state index contributed by atoms with van der Waals surface area (Å²) in [6, 6.07) is 6.66. The summed E-state index contributed by atoms with van der Waals surface area (Å²) in [5.41, 5.74) is 1.15. The number of hydrogen-bond acceptors (Lipinski definition) is 3. The number of anilines is 1. The fraction of sp³-hybridized carbons (Fsp3) is 0.375. The van der Waals surface area contributed by atoms with Crippen LogP contribution >= 0.6 is 11.6 Å². The first-order chi connectivity index (χ1) is 9.79. The molecule has 0 fully saturated rings. The van der Waals surface area contributed by atoms with E-state index < -0.39 is 0 Å². The maximum Gasteiger partial charge on any atom is 0.137 e. The van der Waals surface area contributed by atoms with Crippen LogP contribution in [0.1, 0.15) is 37.7 Å². The minimum absolute atomic E-state index is 0.203. The lowest BCUT2D eigenvalue weighted by atomic mass is 9.95. The summed E-state index contributed by atoms with van der Waals surface area (Å²) in [4.78, 5) is 8.84. The zero-order valence-electron chi connectivity index (χ0n) is 12.7. The van der Waals surface area contributed by atoms with Crippen molar-refractivity contribution >= 4 is 17.4 Å². The van der Waals surface area contributed by atoms with E-state index >= 15 is 0 Å². The van der Waals surface area contributed by atoms with Crippen LogP contribution in [0.2, 0.25) is 5.15 Å². The van der Waals surface area contributed by atoms with E-state index in [1.807, 2.05) is 27.7 Å². The second-order valence-corrected chi connectivity index (χ2v) is 6.36. The fourth-order valence-electron chi connectivity index (χ4n) is 1.82. The largest absolute Gasteiger partial charge is 0.366 e. The summed E-state index contributed by atoms with van der Waals surface area (Å²) in [5.74, 6) is 1.07. The highest BCUT2D eigenvalue weighted by Crippen LogP contribution is 2.26. The average Bonchev–Trinajstić information content (AvgIpc) is 2.40.